The van der Waals surface area contributed by atoms with Gasteiger partial charge in [-0.15, -0.1) is 0 Å². The van der Waals surface area contributed by atoms with Crippen molar-refractivity contribution in [3.8, 4) is 5.75 Å². The van der Waals surface area contributed by atoms with E-state index in [0.717, 1.165) is 0 Å². The summed E-state index contributed by atoms with van der Waals surface area (Å²) >= 11 is 0. The number of phenolic OH excluding ortho intramolecular Hbond substituents is 1. The number of carboxylic acid groups (broad SMARTS) is 1. The third kappa shape index (κ3) is 6.36. The number of aliphatic hydroxyl groups is 3. The van der Waals surface area contributed by atoms with Gasteiger partial charge in [-0.05, 0) is 30.7 Å². The highest BCUT2D eigenvalue weighted by Gasteiger charge is 2.42. The Morgan fingerprint density at radius 3 is 2.49 bits per heavy atom. The van der Waals surface area contributed by atoms with Gasteiger partial charge in [0.05, 0.1) is 24.9 Å². The van der Waals surface area contributed by atoms with Gasteiger partial charge in [-0.2, -0.15) is 0 Å². The Balaban J connectivity index is 1.69. The molecule has 1 heterocycles. The number of hydrogen-bond donors (Lipinski definition) is 5. The summed E-state index contributed by atoms with van der Waals surface area (Å²) in [4.78, 5) is 24.2. The lowest BCUT2D eigenvalue weighted by molar-refractivity contribution is -0.284. The van der Waals surface area contributed by atoms with Gasteiger partial charge >= 0.3 is 11.9 Å². The van der Waals surface area contributed by atoms with E-state index in [2.05, 4.69) is 0 Å². The van der Waals surface area contributed by atoms with Crippen molar-refractivity contribution < 1.29 is 49.3 Å². The van der Waals surface area contributed by atoms with Crippen LogP contribution in [0.3, 0.4) is 0 Å². The predicted molar refractivity (Wildman–Crippen MR) is 123 cm³/mol. The van der Waals surface area contributed by atoms with Gasteiger partial charge in [-0.1, -0.05) is 30.7 Å². The van der Waals surface area contributed by atoms with Crippen molar-refractivity contribution in [2.24, 2.45) is 5.92 Å². The molecule has 0 aromatic heterocycles. The number of aliphatic carboxylic acids is 1. The second-order valence-corrected chi connectivity index (χ2v) is 8.57. The standard InChI is InChI=1S/C25H30O10/c1-13-11-18(34-20(28)8-5-15-3-6-16(27)7-4-15)17(21(13)24(31)32)9-10-33-25-23(30)14(2)22(29)19(12-26)35-25/h3-9,14,18-19,22-23,25-27,29-30H,10-12H2,1-2H3,(H,31,32)/b8-5+,17-9-/t14-,18?,19+,22-,23+,25+/m0/s1. The fourth-order valence-electron chi connectivity index (χ4n) is 4.11. The van der Waals surface area contributed by atoms with Crippen LogP contribution in [-0.4, -0.2) is 81.4 Å². The molecule has 3 rings (SSSR count). The van der Waals surface area contributed by atoms with Gasteiger partial charge in [0.15, 0.2) is 6.29 Å². The summed E-state index contributed by atoms with van der Waals surface area (Å²) in [6, 6.07) is 6.20. The summed E-state index contributed by atoms with van der Waals surface area (Å²) in [6.45, 7) is 2.61. The Kier molecular flexibility index (Phi) is 8.82. The van der Waals surface area contributed by atoms with Crippen LogP contribution in [0, 0.1) is 5.92 Å². The van der Waals surface area contributed by atoms with Gasteiger partial charge in [0.2, 0.25) is 0 Å². The van der Waals surface area contributed by atoms with Crippen molar-refractivity contribution in [1.29, 1.82) is 0 Å². The SMILES string of the molecule is CC1=C(C(=O)O)/C(=C\CO[C@@H]2O[C@H](CO)[C@@H](O)[C@H](C)[C@H]2O)C(OC(=O)/C=C/c2ccc(O)cc2)C1. The molecule has 35 heavy (non-hydrogen) atoms. The Morgan fingerprint density at radius 2 is 1.86 bits per heavy atom. The fraction of sp³-hybridized carbons (Fsp3) is 0.440. The van der Waals surface area contributed by atoms with Gasteiger partial charge in [0.25, 0.3) is 0 Å². The number of carboxylic acids is 1. The highest BCUT2D eigenvalue weighted by molar-refractivity contribution is 5.95. The van der Waals surface area contributed by atoms with Gasteiger partial charge in [0.1, 0.15) is 24.1 Å². The monoisotopic (exact) mass is 490 g/mol. The highest BCUT2D eigenvalue weighted by Crippen LogP contribution is 2.34. The molecule has 1 aliphatic carbocycles. The van der Waals surface area contributed by atoms with Crippen LogP contribution in [0.5, 0.6) is 5.75 Å². The molecule has 1 aliphatic heterocycles. The van der Waals surface area contributed by atoms with Crippen LogP contribution in [0.25, 0.3) is 6.08 Å². The van der Waals surface area contributed by atoms with Crippen LogP contribution in [0.2, 0.25) is 0 Å². The third-order valence-corrected chi connectivity index (χ3v) is 6.12. The van der Waals surface area contributed by atoms with Crippen LogP contribution in [0.4, 0.5) is 0 Å². The number of carbonyl (C=O) groups is 2. The maximum Gasteiger partial charge on any atom is 0.336 e. The van der Waals surface area contributed by atoms with E-state index in [0.29, 0.717) is 11.1 Å². The van der Waals surface area contributed by atoms with Crippen LogP contribution >= 0.6 is 0 Å². The zero-order valence-corrected chi connectivity index (χ0v) is 19.4. The molecule has 1 fully saturated rings. The summed E-state index contributed by atoms with van der Waals surface area (Å²) in [6.07, 6.45) is -0.759. The smallest absolute Gasteiger partial charge is 0.336 e. The van der Waals surface area contributed by atoms with E-state index in [9.17, 15) is 35.1 Å². The van der Waals surface area contributed by atoms with Crippen molar-refractivity contribution in [1.82, 2.24) is 0 Å². The molecule has 0 saturated carbocycles. The largest absolute Gasteiger partial charge is 0.508 e. The number of aliphatic hydroxyl groups excluding tert-OH is 3. The van der Waals surface area contributed by atoms with Crippen molar-refractivity contribution in [3.63, 3.8) is 0 Å². The van der Waals surface area contributed by atoms with E-state index in [-0.39, 0.29) is 29.9 Å². The van der Waals surface area contributed by atoms with E-state index in [1.54, 1.807) is 26.0 Å². The number of rotatable bonds is 8. The first-order chi connectivity index (χ1) is 16.6. The van der Waals surface area contributed by atoms with Gasteiger partial charge in [-0.3, -0.25) is 0 Å². The predicted octanol–water partition coefficient (Wildman–Crippen LogP) is 1.14. The minimum absolute atomic E-state index is 0.0241. The fourth-order valence-corrected chi connectivity index (χ4v) is 4.11. The lowest BCUT2D eigenvalue weighted by atomic mass is 9.91. The average Bonchev–Trinajstić information content (AvgIpc) is 3.13. The molecule has 10 heteroatoms. The topological polar surface area (TPSA) is 163 Å². The Labute approximate surface area is 202 Å². The molecular weight excluding hydrogens is 460 g/mol. The molecule has 5 N–H and O–H groups in total. The lowest BCUT2D eigenvalue weighted by Crippen LogP contribution is -2.55. The molecule has 1 saturated heterocycles. The minimum Gasteiger partial charge on any atom is -0.508 e. The average molecular weight is 491 g/mol. The number of carbonyl (C=O) groups excluding carboxylic acids is 1. The van der Waals surface area contributed by atoms with Crippen molar-refractivity contribution >= 4 is 18.0 Å². The normalized spacial score (nSPS) is 30.3. The van der Waals surface area contributed by atoms with Gasteiger partial charge < -0.3 is 39.7 Å². The molecule has 0 spiro atoms. The summed E-state index contributed by atoms with van der Waals surface area (Å²) in [7, 11) is 0. The van der Waals surface area contributed by atoms with Crippen LogP contribution in [0.15, 0.2) is 53.1 Å². The number of hydrogen-bond acceptors (Lipinski definition) is 9. The summed E-state index contributed by atoms with van der Waals surface area (Å²) in [5.74, 6) is -2.36. The van der Waals surface area contributed by atoms with Crippen LogP contribution in [-0.2, 0) is 23.8 Å². The molecular formula is C25H30O10. The molecule has 0 radical (unpaired) electrons. The minimum atomic E-state index is -1.17. The molecule has 190 valence electrons. The van der Waals surface area contributed by atoms with Gasteiger partial charge in [0, 0.05) is 24.0 Å². The second-order valence-electron chi connectivity index (χ2n) is 8.57. The second kappa shape index (κ2) is 11.6. The number of esters is 1. The molecule has 6 atom stereocenters. The van der Waals surface area contributed by atoms with E-state index >= 15 is 0 Å². The molecule has 0 amide bonds. The number of phenols is 1. The molecule has 1 aromatic carbocycles. The quantitative estimate of drug-likeness (QED) is 0.264. The first-order valence-electron chi connectivity index (χ1n) is 11.2. The molecule has 0 bridgehead atoms. The highest BCUT2D eigenvalue weighted by atomic mass is 16.7. The van der Waals surface area contributed by atoms with E-state index in [4.69, 9.17) is 14.2 Å². The van der Waals surface area contributed by atoms with Crippen molar-refractivity contribution in [2.75, 3.05) is 13.2 Å². The Bertz CT molecular complexity index is 1010. The molecule has 1 unspecified atom stereocenters. The lowest BCUT2D eigenvalue weighted by Gasteiger charge is -2.40. The summed E-state index contributed by atoms with van der Waals surface area (Å²) in [5, 5.41) is 48.8. The zero-order valence-electron chi connectivity index (χ0n) is 19.4. The van der Waals surface area contributed by atoms with Crippen molar-refractivity contribution in [3.05, 3.63) is 58.7 Å². The molecule has 1 aromatic rings. The third-order valence-electron chi connectivity index (χ3n) is 6.12. The maximum atomic E-state index is 12.4. The van der Waals surface area contributed by atoms with E-state index < -0.39 is 55.2 Å². The summed E-state index contributed by atoms with van der Waals surface area (Å²) < 4.78 is 16.5. The van der Waals surface area contributed by atoms with Gasteiger partial charge in [-0.25, -0.2) is 9.59 Å². The summed E-state index contributed by atoms with van der Waals surface area (Å²) in [5.41, 5.74) is 1.49. The van der Waals surface area contributed by atoms with Crippen LogP contribution in [0.1, 0.15) is 25.8 Å². The Morgan fingerprint density at radius 1 is 1.17 bits per heavy atom. The van der Waals surface area contributed by atoms with Crippen molar-refractivity contribution in [2.45, 2.75) is 51.0 Å². The maximum absolute atomic E-state index is 12.4. The molecule has 2 aliphatic rings. The number of benzene rings is 1. The van der Waals surface area contributed by atoms with E-state index in [1.807, 2.05) is 0 Å². The number of aromatic hydroxyl groups is 1. The van der Waals surface area contributed by atoms with Crippen LogP contribution < -0.4 is 0 Å². The number of ether oxygens (including phenoxy) is 3. The Hall–Kier alpha value is -3.02. The first-order valence-corrected chi connectivity index (χ1v) is 11.2. The van der Waals surface area contributed by atoms with E-state index in [1.165, 1.54) is 30.4 Å². The molecule has 10 nitrogen and oxygen atoms in total. The first kappa shape index (κ1) is 26.6. The zero-order chi connectivity index (χ0) is 25.7.